The highest BCUT2D eigenvalue weighted by molar-refractivity contribution is 5.92. The Labute approximate surface area is 207 Å². The zero-order valence-electron chi connectivity index (χ0n) is 21.3. The molecule has 2 aliphatic heterocycles. The first-order chi connectivity index (χ1) is 16.4. The Balaban J connectivity index is 1.51. The summed E-state index contributed by atoms with van der Waals surface area (Å²) >= 11 is 0. The van der Waals surface area contributed by atoms with Crippen LogP contribution in [-0.4, -0.2) is 54.2 Å². The van der Waals surface area contributed by atoms with E-state index in [1.807, 2.05) is 19.9 Å². The predicted octanol–water partition coefficient (Wildman–Crippen LogP) is 4.18. The van der Waals surface area contributed by atoms with Gasteiger partial charge in [-0.1, -0.05) is 32.1 Å². The topological polar surface area (TPSA) is 108 Å². The summed E-state index contributed by atoms with van der Waals surface area (Å²) in [4.78, 5) is 35.2. The van der Waals surface area contributed by atoms with E-state index in [4.69, 9.17) is 24.1 Å². The van der Waals surface area contributed by atoms with Gasteiger partial charge in [0, 0.05) is 5.41 Å². The van der Waals surface area contributed by atoms with E-state index in [1.54, 1.807) is 0 Å². The number of carboxylic acid groups (broad SMARTS) is 1. The van der Waals surface area contributed by atoms with Crippen LogP contribution in [-0.2, 0) is 33.3 Å². The molecule has 0 aromatic heterocycles. The van der Waals surface area contributed by atoms with Gasteiger partial charge in [-0.25, -0.2) is 4.79 Å². The van der Waals surface area contributed by atoms with E-state index < -0.39 is 29.8 Å². The second-order valence-corrected chi connectivity index (χ2v) is 11.5. The number of allylic oxidation sites excluding steroid dienone is 2. The second kappa shape index (κ2) is 9.36. The van der Waals surface area contributed by atoms with Gasteiger partial charge in [0.2, 0.25) is 0 Å². The largest absolute Gasteiger partial charge is 0.481 e. The smallest absolute Gasteiger partial charge is 0.337 e. The van der Waals surface area contributed by atoms with Crippen LogP contribution < -0.4 is 0 Å². The van der Waals surface area contributed by atoms with Crippen molar-refractivity contribution in [3.8, 4) is 0 Å². The lowest BCUT2D eigenvalue weighted by atomic mass is 9.46. The third-order valence-corrected chi connectivity index (χ3v) is 8.81. The van der Waals surface area contributed by atoms with Crippen LogP contribution in [0.1, 0.15) is 72.6 Å². The van der Waals surface area contributed by atoms with Gasteiger partial charge in [-0.2, -0.15) is 0 Å². The zero-order chi connectivity index (χ0) is 25.6. The van der Waals surface area contributed by atoms with Gasteiger partial charge in [0.1, 0.15) is 6.61 Å². The first kappa shape index (κ1) is 25.9. The number of hydrogen-bond donors (Lipinski definition) is 1. The molecule has 0 aromatic carbocycles. The fraction of sp³-hybridized carbons (Fsp3) is 0.741. The lowest BCUT2D eigenvalue weighted by Crippen LogP contribution is -2.62. The summed E-state index contributed by atoms with van der Waals surface area (Å²) in [6.45, 7) is 13.6. The van der Waals surface area contributed by atoms with E-state index in [0.29, 0.717) is 24.5 Å². The molecule has 2 aliphatic carbocycles. The van der Waals surface area contributed by atoms with Crippen LogP contribution in [0, 0.1) is 22.7 Å². The first-order valence-electron chi connectivity index (χ1n) is 12.6. The van der Waals surface area contributed by atoms with Crippen LogP contribution in [0.4, 0.5) is 0 Å². The number of fused-ring (bicyclic) bond motifs is 3. The van der Waals surface area contributed by atoms with Crippen molar-refractivity contribution in [2.24, 2.45) is 22.7 Å². The summed E-state index contributed by atoms with van der Waals surface area (Å²) < 4.78 is 23.0. The number of ether oxygens (including phenoxy) is 4. The average molecular weight is 491 g/mol. The lowest BCUT2D eigenvalue weighted by Gasteiger charge is -2.63. The van der Waals surface area contributed by atoms with E-state index in [2.05, 4.69) is 20.4 Å². The monoisotopic (exact) mass is 490 g/mol. The number of carbonyl (C=O) groups excluding carboxylic acids is 2. The Morgan fingerprint density at radius 1 is 1.17 bits per heavy atom. The van der Waals surface area contributed by atoms with Crippen LogP contribution in [0.3, 0.4) is 0 Å². The van der Waals surface area contributed by atoms with Crippen molar-refractivity contribution >= 4 is 17.9 Å². The minimum Gasteiger partial charge on any atom is -0.481 e. The molecule has 6 atom stereocenters. The third kappa shape index (κ3) is 4.92. The maximum absolute atomic E-state index is 12.4. The van der Waals surface area contributed by atoms with Gasteiger partial charge in [0.05, 0.1) is 31.1 Å². The molecule has 0 amide bonds. The molecule has 0 aromatic rings. The summed E-state index contributed by atoms with van der Waals surface area (Å²) in [6, 6.07) is 0. The molecule has 0 bridgehead atoms. The molecule has 4 fully saturated rings. The van der Waals surface area contributed by atoms with Gasteiger partial charge in [-0.3, -0.25) is 9.59 Å². The molecule has 194 valence electrons. The highest BCUT2D eigenvalue weighted by Crippen LogP contribution is 2.63. The molecule has 2 heterocycles. The Bertz CT molecular complexity index is 935. The maximum atomic E-state index is 12.4. The SMILES string of the molecule is C=C1CC[C@@H]2[C@]3(C)COC(C)(C)O[C@@H]3CC[C@@]2(C)[C@@H]1C/C=C1/C(=O)OC[C@H]1OC(=O)CCC(=O)O. The summed E-state index contributed by atoms with van der Waals surface area (Å²) in [6.07, 6.45) is 5.13. The van der Waals surface area contributed by atoms with Crippen molar-refractivity contribution in [1.82, 2.24) is 0 Å². The molecule has 0 radical (unpaired) electrons. The van der Waals surface area contributed by atoms with Crippen LogP contribution in [0.25, 0.3) is 0 Å². The summed E-state index contributed by atoms with van der Waals surface area (Å²) in [5.41, 5.74) is 1.39. The Hall–Kier alpha value is -2.19. The van der Waals surface area contributed by atoms with Crippen molar-refractivity contribution in [3.63, 3.8) is 0 Å². The van der Waals surface area contributed by atoms with E-state index in [-0.39, 0.29) is 42.3 Å². The van der Waals surface area contributed by atoms with Gasteiger partial charge >= 0.3 is 17.9 Å². The normalized spacial score (nSPS) is 39.5. The Morgan fingerprint density at radius 2 is 1.91 bits per heavy atom. The van der Waals surface area contributed by atoms with Crippen molar-refractivity contribution in [2.75, 3.05) is 13.2 Å². The fourth-order valence-corrected chi connectivity index (χ4v) is 6.94. The highest BCUT2D eigenvalue weighted by atomic mass is 16.7. The minimum absolute atomic E-state index is 0.0258. The molecule has 4 aliphatic rings. The Morgan fingerprint density at radius 3 is 2.63 bits per heavy atom. The quantitative estimate of drug-likeness (QED) is 0.336. The fourth-order valence-electron chi connectivity index (χ4n) is 6.94. The van der Waals surface area contributed by atoms with Gasteiger partial charge in [-0.15, -0.1) is 0 Å². The molecule has 1 N–H and O–H groups in total. The minimum atomic E-state index is -1.07. The molecule has 0 unspecified atom stereocenters. The molecule has 2 saturated heterocycles. The number of rotatable bonds is 6. The van der Waals surface area contributed by atoms with E-state index >= 15 is 0 Å². The highest BCUT2D eigenvalue weighted by Gasteiger charge is 2.60. The van der Waals surface area contributed by atoms with Crippen LogP contribution in [0.15, 0.2) is 23.8 Å². The molecular weight excluding hydrogens is 452 g/mol. The van der Waals surface area contributed by atoms with Crippen molar-refractivity contribution in [1.29, 1.82) is 0 Å². The third-order valence-electron chi connectivity index (χ3n) is 8.81. The molecule has 35 heavy (non-hydrogen) atoms. The number of esters is 2. The zero-order valence-corrected chi connectivity index (χ0v) is 21.3. The summed E-state index contributed by atoms with van der Waals surface area (Å²) in [5, 5.41) is 8.78. The van der Waals surface area contributed by atoms with Gasteiger partial charge in [0.25, 0.3) is 0 Å². The number of hydrogen-bond acceptors (Lipinski definition) is 7. The van der Waals surface area contributed by atoms with Crippen LogP contribution in [0.2, 0.25) is 0 Å². The predicted molar refractivity (Wildman–Crippen MR) is 126 cm³/mol. The molecule has 0 spiro atoms. The number of aliphatic carboxylic acids is 1. The molecular formula is C27H38O8. The first-order valence-corrected chi connectivity index (χ1v) is 12.6. The average Bonchev–Trinajstić information content (AvgIpc) is 3.11. The number of cyclic esters (lactones) is 1. The second-order valence-electron chi connectivity index (χ2n) is 11.5. The van der Waals surface area contributed by atoms with Gasteiger partial charge in [-0.05, 0) is 63.2 Å². The van der Waals surface area contributed by atoms with E-state index in [1.165, 1.54) is 5.57 Å². The van der Waals surface area contributed by atoms with Crippen molar-refractivity contribution in [3.05, 3.63) is 23.8 Å². The van der Waals surface area contributed by atoms with Crippen LogP contribution >= 0.6 is 0 Å². The molecule has 2 saturated carbocycles. The molecule has 8 nitrogen and oxygen atoms in total. The van der Waals surface area contributed by atoms with E-state index in [9.17, 15) is 14.4 Å². The van der Waals surface area contributed by atoms with Crippen molar-refractivity contribution in [2.45, 2.75) is 90.6 Å². The Kier molecular flexibility index (Phi) is 6.92. The lowest BCUT2D eigenvalue weighted by molar-refractivity contribution is -0.344. The van der Waals surface area contributed by atoms with Crippen molar-refractivity contribution < 1.29 is 38.4 Å². The summed E-state index contributed by atoms with van der Waals surface area (Å²) in [5.74, 6) is -2.23. The number of carbonyl (C=O) groups is 3. The van der Waals surface area contributed by atoms with E-state index in [0.717, 1.165) is 25.7 Å². The standard InChI is InChI=1S/C27H38O8/c1-16-6-9-20-26(4,13-12-21-27(20,5)15-33-25(2,3)35-21)18(16)8-7-17-19(14-32-24(17)31)34-23(30)11-10-22(28)29/h7,18-21H,1,6,8-15H2,2-5H3,(H,28,29)/b17-7+/t18-,19-,20+,21-,26+,27+/m1/s1. The molecule has 8 heteroatoms. The number of carboxylic acids is 1. The summed E-state index contributed by atoms with van der Waals surface area (Å²) in [7, 11) is 0. The van der Waals surface area contributed by atoms with Gasteiger partial charge in [0.15, 0.2) is 11.9 Å². The van der Waals surface area contributed by atoms with Gasteiger partial charge < -0.3 is 24.1 Å². The maximum Gasteiger partial charge on any atom is 0.337 e. The molecule has 4 rings (SSSR count). The van der Waals surface area contributed by atoms with Crippen LogP contribution in [0.5, 0.6) is 0 Å².